The van der Waals surface area contributed by atoms with Crippen LogP contribution in [0.15, 0.2) is 59.0 Å². The third-order valence-electron chi connectivity index (χ3n) is 5.19. The number of nitrogens with zero attached hydrogens (tertiary/aromatic N) is 3. The summed E-state index contributed by atoms with van der Waals surface area (Å²) in [7, 11) is 0. The molecule has 1 amide bonds. The van der Waals surface area contributed by atoms with Crippen molar-refractivity contribution < 1.29 is 4.79 Å². The fourth-order valence-electron chi connectivity index (χ4n) is 3.40. The quantitative estimate of drug-likeness (QED) is 0.422. The molecule has 0 aliphatic rings. The predicted molar refractivity (Wildman–Crippen MR) is 127 cm³/mol. The molecule has 0 aliphatic carbocycles. The summed E-state index contributed by atoms with van der Waals surface area (Å²) in [5.41, 5.74) is 4.23. The standard InChI is InChI=1S/C23H18N4O2S2/c1-13-5-6-15(10-14(13)2)25-19(28)11-27-12-24-20-16-7-8-17(18-4-3-9-30-18)26-22(16)31-21(20)23(27)29/h3-10,12H,11H2,1-2H3,(H,25,28). The van der Waals surface area contributed by atoms with E-state index in [1.165, 1.54) is 22.2 Å². The van der Waals surface area contributed by atoms with Crippen LogP contribution in [-0.2, 0) is 11.3 Å². The zero-order valence-electron chi connectivity index (χ0n) is 16.9. The van der Waals surface area contributed by atoms with Crippen molar-refractivity contribution in [2.45, 2.75) is 20.4 Å². The van der Waals surface area contributed by atoms with Crippen molar-refractivity contribution >= 4 is 54.7 Å². The number of thiophene rings is 2. The molecule has 8 heteroatoms. The molecule has 0 atom stereocenters. The average molecular weight is 447 g/mol. The smallest absolute Gasteiger partial charge is 0.271 e. The van der Waals surface area contributed by atoms with Gasteiger partial charge in [0.2, 0.25) is 5.91 Å². The lowest BCUT2D eigenvalue weighted by molar-refractivity contribution is -0.116. The molecule has 0 saturated heterocycles. The normalized spacial score (nSPS) is 11.3. The zero-order valence-corrected chi connectivity index (χ0v) is 18.5. The van der Waals surface area contributed by atoms with Crippen LogP contribution >= 0.6 is 22.7 Å². The number of carbonyl (C=O) groups excluding carboxylic acids is 1. The van der Waals surface area contributed by atoms with E-state index in [9.17, 15) is 9.59 Å². The van der Waals surface area contributed by atoms with Crippen molar-refractivity contribution in [3.63, 3.8) is 0 Å². The van der Waals surface area contributed by atoms with E-state index < -0.39 is 0 Å². The second-order valence-electron chi connectivity index (χ2n) is 7.33. The van der Waals surface area contributed by atoms with Gasteiger partial charge in [0.25, 0.3) is 5.56 Å². The third-order valence-corrected chi connectivity index (χ3v) is 7.16. The van der Waals surface area contributed by atoms with Gasteiger partial charge in [-0.15, -0.1) is 22.7 Å². The molecule has 0 unspecified atom stereocenters. The molecule has 1 aromatic carbocycles. The number of amides is 1. The number of aromatic nitrogens is 3. The van der Waals surface area contributed by atoms with Crippen LogP contribution < -0.4 is 10.9 Å². The van der Waals surface area contributed by atoms with Gasteiger partial charge in [0.1, 0.15) is 16.1 Å². The molecule has 0 saturated carbocycles. The van der Waals surface area contributed by atoms with E-state index in [4.69, 9.17) is 4.98 Å². The molecule has 5 rings (SSSR count). The van der Waals surface area contributed by atoms with Gasteiger partial charge in [0.15, 0.2) is 0 Å². The van der Waals surface area contributed by atoms with Crippen LogP contribution in [0.2, 0.25) is 0 Å². The number of hydrogen-bond acceptors (Lipinski definition) is 6. The van der Waals surface area contributed by atoms with Crippen LogP contribution in [0.5, 0.6) is 0 Å². The largest absolute Gasteiger partial charge is 0.325 e. The van der Waals surface area contributed by atoms with Gasteiger partial charge >= 0.3 is 0 Å². The first-order valence-electron chi connectivity index (χ1n) is 9.69. The fourth-order valence-corrected chi connectivity index (χ4v) is 5.17. The van der Waals surface area contributed by atoms with Crippen molar-refractivity contribution in [2.24, 2.45) is 0 Å². The van der Waals surface area contributed by atoms with Gasteiger partial charge in [-0.25, -0.2) is 9.97 Å². The molecule has 6 nitrogen and oxygen atoms in total. The first kappa shape index (κ1) is 19.6. The highest BCUT2D eigenvalue weighted by Gasteiger charge is 2.15. The van der Waals surface area contributed by atoms with Crippen LogP contribution in [0.4, 0.5) is 5.69 Å². The molecule has 4 heterocycles. The molecule has 0 fully saturated rings. The van der Waals surface area contributed by atoms with Crippen molar-refractivity contribution in [1.29, 1.82) is 0 Å². The molecular weight excluding hydrogens is 428 g/mol. The number of anilines is 1. The molecular formula is C23H18N4O2S2. The number of carbonyl (C=O) groups is 1. The first-order valence-corrected chi connectivity index (χ1v) is 11.4. The van der Waals surface area contributed by atoms with E-state index >= 15 is 0 Å². The molecule has 1 N–H and O–H groups in total. The first-order chi connectivity index (χ1) is 15.0. The Bertz CT molecular complexity index is 1500. The number of rotatable bonds is 4. The maximum absolute atomic E-state index is 13.0. The van der Waals surface area contributed by atoms with Gasteiger partial charge in [0, 0.05) is 11.1 Å². The minimum atomic E-state index is -0.272. The van der Waals surface area contributed by atoms with E-state index in [1.807, 2.05) is 61.7 Å². The third kappa shape index (κ3) is 3.64. The number of hydrogen-bond donors (Lipinski definition) is 1. The summed E-state index contributed by atoms with van der Waals surface area (Å²) in [5, 5.41) is 5.71. The number of pyridine rings is 1. The Hall–Kier alpha value is -3.36. The van der Waals surface area contributed by atoms with E-state index in [0.717, 1.165) is 31.9 Å². The lowest BCUT2D eigenvalue weighted by atomic mass is 10.1. The molecule has 0 bridgehead atoms. The maximum Gasteiger partial charge on any atom is 0.271 e. The Balaban J connectivity index is 1.46. The summed E-state index contributed by atoms with van der Waals surface area (Å²) in [6, 6.07) is 13.6. The van der Waals surface area contributed by atoms with Gasteiger partial charge in [-0.3, -0.25) is 14.2 Å². The molecule has 31 heavy (non-hydrogen) atoms. The fraction of sp³-hybridized carbons (Fsp3) is 0.130. The monoisotopic (exact) mass is 446 g/mol. The van der Waals surface area contributed by atoms with Crippen molar-refractivity contribution in [1.82, 2.24) is 14.5 Å². The molecule has 5 aromatic rings. The van der Waals surface area contributed by atoms with Crippen molar-refractivity contribution in [2.75, 3.05) is 5.32 Å². The van der Waals surface area contributed by atoms with E-state index in [1.54, 1.807) is 11.3 Å². The predicted octanol–water partition coefficient (Wildman–Crippen LogP) is 4.99. The minimum absolute atomic E-state index is 0.100. The Morgan fingerprint density at radius 1 is 1.13 bits per heavy atom. The highest BCUT2D eigenvalue weighted by molar-refractivity contribution is 7.25. The highest BCUT2D eigenvalue weighted by atomic mass is 32.1. The van der Waals surface area contributed by atoms with Gasteiger partial charge in [-0.1, -0.05) is 12.1 Å². The molecule has 0 radical (unpaired) electrons. The average Bonchev–Trinajstić information content (AvgIpc) is 3.41. The zero-order chi connectivity index (χ0) is 21.5. The summed E-state index contributed by atoms with van der Waals surface area (Å²) in [6.45, 7) is 3.91. The lowest BCUT2D eigenvalue weighted by Crippen LogP contribution is -2.27. The molecule has 0 spiro atoms. The Kier molecular flexibility index (Phi) is 4.88. The van der Waals surface area contributed by atoms with Crippen molar-refractivity contribution in [3.8, 4) is 10.6 Å². The number of nitrogens with one attached hydrogen (secondary N) is 1. The summed E-state index contributed by atoms with van der Waals surface area (Å²) in [6.07, 6.45) is 1.43. The summed E-state index contributed by atoms with van der Waals surface area (Å²) < 4.78 is 1.85. The summed E-state index contributed by atoms with van der Waals surface area (Å²) >= 11 is 2.94. The van der Waals surface area contributed by atoms with Gasteiger partial charge in [0.05, 0.1) is 22.4 Å². The second-order valence-corrected chi connectivity index (χ2v) is 9.28. The van der Waals surface area contributed by atoms with Gasteiger partial charge < -0.3 is 5.32 Å². The summed E-state index contributed by atoms with van der Waals surface area (Å²) in [5.74, 6) is -0.272. The van der Waals surface area contributed by atoms with Gasteiger partial charge in [-0.2, -0.15) is 0 Å². The maximum atomic E-state index is 13.0. The Labute approximate surface area is 185 Å². The van der Waals surface area contributed by atoms with E-state index in [-0.39, 0.29) is 18.0 Å². The summed E-state index contributed by atoms with van der Waals surface area (Å²) in [4.78, 5) is 36.6. The Morgan fingerprint density at radius 3 is 2.77 bits per heavy atom. The van der Waals surface area contributed by atoms with Crippen molar-refractivity contribution in [3.05, 3.63) is 75.7 Å². The lowest BCUT2D eigenvalue weighted by Gasteiger charge is -2.09. The second kappa shape index (κ2) is 7.72. The molecule has 154 valence electrons. The number of fused-ring (bicyclic) bond motifs is 3. The number of aryl methyl sites for hydroxylation is 2. The molecule has 4 aromatic heterocycles. The highest BCUT2D eigenvalue weighted by Crippen LogP contribution is 2.32. The van der Waals surface area contributed by atoms with E-state index in [0.29, 0.717) is 15.9 Å². The van der Waals surface area contributed by atoms with E-state index in [2.05, 4.69) is 10.3 Å². The van der Waals surface area contributed by atoms with Crippen LogP contribution in [-0.4, -0.2) is 20.4 Å². The Morgan fingerprint density at radius 2 is 2.00 bits per heavy atom. The SMILES string of the molecule is Cc1ccc(NC(=O)Cn2cnc3c(sc4nc(-c5cccs5)ccc43)c2=O)cc1C. The topological polar surface area (TPSA) is 76.9 Å². The van der Waals surface area contributed by atoms with Crippen LogP contribution in [0, 0.1) is 13.8 Å². The van der Waals surface area contributed by atoms with Crippen LogP contribution in [0.3, 0.4) is 0 Å². The van der Waals surface area contributed by atoms with Crippen LogP contribution in [0.1, 0.15) is 11.1 Å². The minimum Gasteiger partial charge on any atom is -0.325 e. The molecule has 0 aliphatic heterocycles. The van der Waals surface area contributed by atoms with Crippen LogP contribution in [0.25, 0.3) is 31.0 Å². The van der Waals surface area contributed by atoms with Gasteiger partial charge in [-0.05, 0) is 60.7 Å². The number of benzene rings is 1.